The molecule has 0 aliphatic heterocycles. The van der Waals surface area contributed by atoms with Gasteiger partial charge in [-0.25, -0.2) is 0 Å². The molecule has 0 atom stereocenters. The predicted octanol–water partition coefficient (Wildman–Crippen LogP) is 3.84. The van der Waals surface area contributed by atoms with Gasteiger partial charge in [0, 0.05) is 19.2 Å². The van der Waals surface area contributed by atoms with Crippen LogP contribution in [0.3, 0.4) is 0 Å². The van der Waals surface area contributed by atoms with E-state index in [4.69, 9.17) is 0 Å². The highest BCUT2D eigenvalue weighted by molar-refractivity contribution is 5.90. The molecule has 0 fully saturated rings. The first-order valence-electron chi connectivity index (χ1n) is 8.97. The molecule has 2 rings (SSSR count). The third kappa shape index (κ3) is 6.03. The predicted molar refractivity (Wildman–Crippen MR) is 106 cm³/mol. The molecule has 0 bridgehead atoms. The lowest BCUT2D eigenvalue weighted by atomic mass is 9.86. The van der Waals surface area contributed by atoms with E-state index < -0.39 is 0 Å². The van der Waals surface area contributed by atoms with Gasteiger partial charge in [-0.05, 0) is 40.7 Å². The molecule has 2 aromatic rings. The molecule has 0 radical (unpaired) electrons. The van der Waals surface area contributed by atoms with E-state index in [9.17, 15) is 9.59 Å². The van der Waals surface area contributed by atoms with Crippen molar-refractivity contribution in [1.29, 1.82) is 0 Å². The zero-order chi connectivity index (χ0) is 19.2. The molecule has 0 aliphatic rings. The lowest BCUT2D eigenvalue weighted by Gasteiger charge is -2.19. The van der Waals surface area contributed by atoms with Crippen molar-refractivity contribution in [1.82, 2.24) is 5.32 Å². The van der Waals surface area contributed by atoms with Crippen LogP contribution in [-0.2, 0) is 27.8 Å². The van der Waals surface area contributed by atoms with Crippen molar-refractivity contribution in [3.05, 3.63) is 65.2 Å². The zero-order valence-electron chi connectivity index (χ0n) is 16.1. The fourth-order valence-electron chi connectivity index (χ4n) is 2.63. The highest BCUT2D eigenvalue weighted by Crippen LogP contribution is 2.22. The summed E-state index contributed by atoms with van der Waals surface area (Å²) in [4.78, 5) is 23.5. The van der Waals surface area contributed by atoms with Gasteiger partial charge >= 0.3 is 0 Å². The first-order valence-corrected chi connectivity index (χ1v) is 8.97. The second kappa shape index (κ2) is 8.65. The van der Waals surface area contributed by atoms with Crippen LogP contribution < -0.4 is 10.6 Å². The zero-order valence-corrected chi connectivity index (χ0v) is 16.1. The summed E-state index contributed by atoms with van der Waals surface area (Å²) >= 11 is 0. The van der Waals surface area contributed by atoms with Crippen molar-refractivity contribution >= 4 is 17.5 Å². The molecule has 0 heterocycles. The average Bonchev–Trinajstić information content (AvgIpc) is 2.61. The number of rotatable bonds is 6. The maximum atomic E-state index is 12.1. The molecule has 4 heteroatoms. The van der Waals surface area contributed by atoms with E-state index in [1.54, 1.807) is 7.05 Å². The third-order valence-corrected chi connectivity index (χ3v) is 4.34. The third-order valence-electron chi connectivity index (χ3n) is 4.34. The molecule has 2 aromatic carbocycles. The minimum Gasteiger partial charge on any atom is -0.359 e. The lowest BCUT2D eigenvalue weighted by Crippen LogP contribution is -2.19. The maximum absolute atomic E-state index is 12.1. The lowest BCUT2D eigenvalue weighted by molar-refractivity contribution is -0.120. The Morgan fingerprint density at radius 1 is 0.846 bits per heavy atom. The van der Waals surface area contributed by atoms with Gasteiger partial charge in [0.1, 0.15) is 0 Å². The SMILES string of the molecule is CNC(=O)Cc1ccc(NC(=O)CCc2ccc(C(C)(C)C)cc2)cc1. The van der Waals surface area contributed by atoms with Crippen molar-refractivity contribution in [3.63, 3.8) is 0 Å². The second-order valence-corrected chi connectivity index (χ2v) is 7.54. The minimum absolute atomic E-state index is 0.0102. The molecule has 4 nitrogen and oxygen atoms in total. The van der Waals surface area contributed by atoms with Gasteiger partial charge in [0.25, 0.3) is 0 Å². The summed E-state index contributed by atoms with van der Waals surface area (Å²) < 4.78 is 0. The van der Waals surface area contributed by atoms with Crippen LogP contribution in [0.2, 0.25) is 0 Å². The Morgan fingerprint density at radius 2 is 1.42 bits per heavy atom. The number of anilines is 1. The average molecular weight is 352 g/mol. The Morgan fingerprint density at radius 3 is 1.96 bits per heavy atom. The van der Waals surface area contributed by atoms with Crippen LogP contribution in [0.15, 0.2) is 48.5 Å². The summed E-state index contributed by atoms with van der Waals surface area (Å²) in [6, 6.07) is 15.8. The molecule has 2 N–H and O–H groups in total. The summed E-state index contributed by atoms with van der Waals surface area (Å²) in [5.41, 5.74) is 4.26. The van der Waals surface area contributed by atoms with Crippen molar-refractivity contribution in [2.75, 3.05) is 12.4 Å². The van der Waals surface area contributed by atoms with E-state index in [1.165, 1.54) is 5.56 Å². The van der Waals surface area contributed by atoms with Crippen molar-refractivity contribution < 1.29 is 9.59 Å². The van der Waals surface area contributed by atoms with Gasteiger partial charge in [-0.15, -0.1) is 0 Å². The molecule has 0 aromatic heterocycles. The van der Waals surface area contributed by atoms with Gasteiger partial charge < -0.3 is 10.6 Å². The van der Waals surface area contributed by atoms with E-state index in [2.05, 4.69) is 55.7 Å². The van der Waals surface area contributed by atoms with Crippen LogP contribution in [0.25, 0.3) is 0 Å². The molecule has 2 amide bonds. The van der Waals surface area contributed by atoms with Crippen LogP contribution >= 0.6 is 0 Å². The van der Waals surface area contributed by atoms with Crippen molar-refractivity contribution in [3.8, 4) is 0 Å². The molecule has 0 unspecified atom stereocenters. The monoisotopic (exact) mass is 352 g/mol. The Balaban J connectivity index is 1.84. The minimum atomic E-state index is -0.0285. The summed E-state index contributed by atoms with van der Waals surface area (Å²) in [5, 5.41) is 5.50. The van der Waals surface area contributed by atoms with Crippen LogP contribution in [0, 0.1) is 0 Å². The standard InChI is InChI=1S/C22H28N2O2/c1-22(2,3)18-10-5-16(6-11-18)9-14-20(25)24-19-12-7-17(8-13-19)15-21(26)23-4/h5-8,10-13H,9,14-15H2,1-4H3,(H,23,26)(H,24,25). The van der Waals surface area contributed by atoms with Gasteiger partial charge in [0.05, 0.1) is 6.42 Å². The van der Waals surface area contributed by atoms with E-state index in [0.29, 0.717) is 19.3 Å². The molecule has 0 spiro atoms. The fourth-order valence-corrected chi connectivity index (χ4v) is 2.63. The van der Waals surface area contributed by atoms with Crippen LogP contribution in [-0.4, -0.2) is 18.9 Å². The maximum Gasteiger partial charge on any atom is 0.224 e. The number of nitrogens with one attached hydrogen (secondary N) is 2. The highest BCUT2D eigenvalue weighted by Gasteiger charge is 2.13. The van der Waals surface area contributed by atoms with E-state index >= 15 is 0 Å². The Bertz CT molecular complexity index is 741. The van der Waals surface area contributed by atoms with E-state index in [-0.39, 0.29) is 17.2 Å². The van der Waals surface area contributed by atoms with E-state index in [0.717, 1.165) is 16.8 Å². The smallest absolute Gasteiger partial charge is 0.224 e. The number of aryl methyl sites for hydroxylation is 1. The number of carbonyl (C=O) groups excluding carboxylic acids is 2. The van der Waals surface area contributed by atoms with E-state index in [1.807, 2.05) is 24.3 Å². The normalized spacial score (nSPS) is 11.1. The second-order valence-electron chi connectivity index (χ2n) is 7.54. The summed E-state index contributed by atoms with van der Waals surface area (Å²) in [6.07, 6.45) is 1.50. The van der Waals surface area contributed by atoms with Gasteiger partial charge in [0.15, 0.2) is 0 Å². The van der Waals surface area contributed by atoms with Crippen LogP contribution in [0.1, 0.15) is 43.9 Å². The van der Waals surface area contributed by atoms with Crippen molar-refractivity contribution in [2.45, 2.75) is 45.4 Å². The topological polar surface area (TPSA) is 58.2 Å². The number of hydrogen-bond acceptors (Lipinski definition) is 2. The van der Waals surface area contributed by atoms with Gasteiger partial charge in [-0.3, -0.25) is 9.59 Å². The van der Waals surface area contributed by atoms with Crippen molar-refractivity contribution in [2.24, 2.45) is 0 Å². The number of amides is 2. The first kappa shape index (κ1) is 19.7. The Hall–Kier alpha value is -2.62. The largest absolute Gasteiger partial charge is 0.359 e. The quantitative estimate of drug-likeness (QED) is 0.830. The molecular formula is C22H28N2O2. The molecular weight excluding hydrogens is 324 g/mol. The molecule has 0 aliphatic carbocycles. The molecule has 138 valence electrons. The fraction of sp³-hybridized carbons (Fsp3) is 0.364. The van der Waals surface area contributed by atoms with Crippen LogP contribution in [0.4, 0.5) is 5.69 Å². The van der Waals surface area contributed by atoms with Crippen LogP contribution in [0.5, 0.6) is 0 Å². The number of likely N-dealkylation sites (N-methyl/N-ethyl adjacent to an activating group) is 1. The highest BCUT2D eigenvalue weighted by atomic mass is 16.2. The Kier molecular flexibility index (Phi) is 6.56. The Labute approximate surface area is 156 Å². The molecule has 26 heavy (non-hydrogen) atoms. The summed E-state index contributed by atoms with van der Waals surface area (Å²) in [5.74, 6) is -0.0387. The van der Waals surface area contributed by atoms with Gasteiger partial charge in [-0.2, -0.15) is 0 Å². The first-order chi connectivity index (χ1) is 12.3. The van der Waals surface area contributed by atoms with Gasteiger partial charge in [0.2, 0.25) is 11.8 Å². The summed E-state index contributed by atoms with van der Waals surface area (Å²) in [7, 11) is 1.62. The van der Waals surface area contributed by atoms with Gasteiger partial charge in [-0.1, -0.05) is 57.2 Å². The molecule has 0 saturated carbocycles. The molecule has 0 saturated heterocycles. The number of benzene rings is 2. The number of carbonyl (C=O) groups is 2. The number of hydrogen-bond donors (Lipinski definition) is 2. The summed E-state index contributed by atoms with van der Waals surface area (Å²) in [6.45, 7) is 6.57.